The number of ketones is 1. The average molecular weight is 352 g/mol. The standard InChI is InChI=1S/C18H22ClNO4/c1-12(2)11-23-17(22)20-7-5-18(6-8-20)10-15(21)14-9-13(19)3-4-16(14)24-18/h3-4,9,12H,5-8,10-11H2,1-2H3. The maximum absolute atomic E-state index is 12.5. The molecule has 0 radical (unpaired) electrons. The van der Waals surface area contributed by atoms with Crippen LogP contribution in [0.1, 0.15) is 43.5 Å². The van der Waals surface area contributed by atoms with Gasteiger partial charge in [0.2, 0.25) is 0 Å². The molecule has 2 heterocycles. The molecule has 0 bridgehead atoms. The van der Waals surface area contributed by atoms with Gasteiger partial charge < -0.3 is 14.4 Å². The van der Waals surface area contributed by atoms with Crippen molar-refractivity contribution in [1.82, 2.24) is 4.90 Å². The van der Waals surface area contributed by atoms with Crippen LogP contribution in [0.25, 0.3) is 0 Å². The fraction of sp³-hybridized carbons (Fsp3) is 0.556. The topological polar surface area (TPSA) is 55.8 Å². The van der Waals surface area contributed by atoms with Crippen molar-refractivity contribution >= 4 is 23.5 Å². The second-order valence-corrected chi connectivity index (χ2v) is 7.42. The normalized spacial score (nSPS) is 19.2. The lowest BCUT2D eigenvalue weighted by atomic mass is 9.82. The van der Waals surface area contributed by atoms with Crippen LogP contribution in [0.15, 0.2) is 18.2 Å². The minimum absolute atomic E-state index is 0.0505. The van der Waals surface area contributed by atoms with E-state index in [1.54, 1.807) is 23.1 Å². The molecule has 0 saturated carbocycles. The number of ether oxygens (including phenoxy) is 2. The summed E-state index contributed by atoms with van der Waals surface area (Å²) in [6, 6.07) is 5.13. The fourth-order valence-electron chi connectivity index (χ4n) is 3.17. The SMILES string of the molecule is CC(C)COC(=O)N1CCC2(CC1)CC(=O)c1cc(Cl)ccc1O2. The van der Waals surface area contributed by atoms with Crippen LogP contribution in [-0.2, 0) is 4.74 Å². The van der Waals surface area contributed by atoms with Gasteiger partial charge in [-0.1, -0.05) is 25.4 Å². The molecule has 5 nitrogen and oxygen atoms in total. The fourth-order valence-corrected chi connectivity index (χ4v) is 3.34. The number of carbonyl (C=O) groups is 2. The van der Waals surface area contributed by atoms with Gasteiger partial charge in [-0.3, -0.25) is 4.79 Å². The van der Waals surface area contributed by atoms with Gasteiger partial charge in [0.15, 0.2) is 5.78 Å². The van der Waals surface area contributed by atoms with Gasteiger partial charge in [0.25, 0.3) is 0 Å². The Kier molecular flexibility index (Phi) is 4.72. The molecule has 130 valence electrons. The van der Waals surface area contributed by atoms with Gasteiger partial charge in [-0.25, -0.2) is 4.79 Å². The molecule has 1 aromatic carbocycles. The Bertz CT molecular complexity index is 650. The molecular formula is C18H22ClNO4. The van der Waals surface area contributed by atoms with Crippen LogP contribution in [0.2, 0.25) is 5.02 Å². The van der Waals surface area contributed by atoms with Crippen molar-refractivity contribution in [1.29, 1.82) is 0 Å². The number of hydrogen-bond acceptors (Lipinski definition) is 4. The average Bonchev–Trinajstić information content (AvgIpc) is 2.54. The van der Waals surface area contributed by atoms with Gasteiger partial charge in [-0.2, -0.15) is 0 Å². The van der Waals surface area contributed by atoms with E-state index in [9.17, 15) is 9.59 Å². The quantitative estimate of drug-likeness (QED) is 0.810. The Labute approximate surface area is 146 Å². The number of halogens is 1. The summed E-state index contributed by atoms with van der Waals surface area (Å²) in [5.74, 6) is 0.953. The third-order valence-electron chi connectivity index (χ3n) is 4.52. The Hall–Kier alpha value is -1.75. The van der Waals surface area contributed by atoms with E-state index in [1.165, 1.54) is 0 Å². The third-order valence-corrected chi connectivity index (χ3v) is 4.76. The van der Waals surface area contributed by atoms with Gasteiger partial charge in [-0.15, -0.1) is 0 Å². The van der Waals surface area contributed by atoms with Crippen LogP contribution >= 0.6 is 11.6 Å². The number of Topliss-reactive ketones (excluding diaryl/α,β-unsaturated/α-hetero) is 1. The minimum Gasteiger partial charge on any atom is -0.486 e. The molecule has 0 unspecified atom stereocenters. The van der Waals surface area contributed by atoms with Crippen LogP contribution in [-0.4, -0.2) is 42.1 Å². The van der Waals surface area contributed by atoms with E-state index in [0.29, 0.717) is 61.2 Å². The molecule has 6 heteroatoms. The predicted molar refractivity (Wildman–Crippen MR) is 90.8 cm³/mol. The van der Waals surface area contributed by atoms with E-state index >= 15 is 0 Å². The zero-order valence-electron chi connectivity index (χ0n) is 14.0. The lowest BCUT2D eigenvalue weighted by molar-refractivity contribution is -0.0100. The summed E-state index contributed by atoms with van der Waals surface area (Å²) in [6.45, 7) is 5.50. The van der Waals surface area contributed by atoms with Gasteiger partial charge in [0.05, 0.1) is 18.6 Å². The summed E-state index contributed by atoms with van der Waals surface area (Å²) in [5, 5.41) is 0.532. The van der Waals surface area contributed by atoms with Crippen molar-refractivity contribution in [2.45, 2.75) is 38.7 Å². The van der Waals surface area contributed by atoms with Crippen LogP contribution in [0.3, 0.4) is 0 Å². The van der Waals surface area contributed by atoms with Crippen LogP contribution < -0.4 is 4.74 Å². The molecule has 1 aromatic rings. The summed E-state index contributed by atoms with van der Waals surface area (Å²) in [6.07, 6.45) is 1.29. The van der Waals surface area contributed by atoms with E-state index in [2.05, 4.69) is 0 Å². The first-order valence-corrected chi connectivity index (χ1v) is 8.70. The minimum atomic E-state index is -0.521. The van der Waals surface area contributed by atoms with E-state index in [0.717, 1.165) is 0 Å². The number of nitrogens with zero attached hydrogens (tertiary/aromatic N) is 1. The van der Waals surface area contributed by atoms with Crippen LogP contribution in [0.5, 0.6) is 5.75 Å². The molecule has 0 aliphatic carbocycles. The molecule has 3 rings (SSSR count). The highest BCUT2D eigenvalue weighted by atomic mass is 35.5. The Morgan fingerprint density at radius 1 is 1.38 bits per heavy atom. The number of amides is 1. The number of rotatable bonds is 2. The van der Waals surface area contributed by atoms with Gasteiger partial charge in [0, 0.05) is 31.0 Å². The monoisotopic (exact) mass is 351 g/mol. The highest BCUT2D eigenvalue weighted by Crippen LogP contribution is 2.40. The first-order valence-electron chi connectivity index (χ1n) is 8.32. The van der Waals surface area contributed by atoms with Crippen molar-refractivity contribution in [2.75, 3.05) is 19.7 Å². The molecule has 0 atom stereocenters. The maximum Gasteiger partial charge on any atom is 0.409 e. The molecule has 0 N–H and O–H groups in total. The Morgan fingerprint density at radius 2 is 2.08 bits per heavy atom. The molecule has 24 heavy (non-hydrogen) atoms. The zero-order chi connectivity index (χ0) is 17.3. The van der Waals surface area contributed by atoms with E-state index in [-0.39, 0.29) is 11.9 Å². The molecule has 1 spiro atoms. The second-order valence-electron chi connectivity index (χ2n) is 6.98. The molecular weight excluding hydrogens is 330 g/mol. The van der Waals surface area contributed by atoms with E-state index < -0.39 is 5.60 Å². The van der Waals surface area contributed by atoms with E-state index in [4.69, 9.17) is 21.1 Å². The van der Waals surface area contributed by atoms with Gasteiger partial charge >= 0.3 is 6.09 Å². The third kappa shape index (κ3) is 3.51. The molecule has 1 fully saturated rings. The van der Waals surface area contributed by atoms with Gasteiger partial charge in [0.1, 0.15) is 11.4 Å². The van der Waals surface area contributed by atoms with Crippen LogP contribution in [0.4, 0.5) is 4.79 Å². The number of piperidine rings is 1. The highest BCUT2D eigenvalue weighted by molar-refractivity contribution is 6.31. The summed E-state index contributed by atoms with van der Waals surface area (Å²) >= 11 is 5.96. The largest absolute Gasteiger partial charge is 0.486 e. The highest BCUT2D eigenvalue weighted by Gasteiger charge is 2.43. The molecule has 1 saturated heterocycles. The molecule has 0 aromatic heterocycles. The zero-order valence-corrected chi connectivity index (χ0v) is 14.8. The number of fused-ring (bicyclic) bond motifs is 1. The molecule has 2 aliphatic rings. The first kappa shape index (κ1) is 17.1. The lowest BCUT2D eigenvalue weighted by Crippen LogP contribution is -2.52. The number of hydrogen-bond donors (Lipinski definition) is 0. The lowest BCUT2D eigenvalue weighted by Gasteiger charge is -2.43. The van der Waals surface area contributed by atoms with Crippen molar-refractivity contribution in [2.24, 2.45) is 5.92 Å². The maximum atomic E-state index is 12.5. The van der Waals surface area contributed by atoms with Crippen LogP contribution in [0, 0.1) is 5.92 Å². The summed E-state index contributed by atoms with van der Waals surface area (Å²) in [7, 11) is 0. The van der Waals surface area contributed by atoms with Crippen molar-refractivity contribution in [3.05, 3.63) is 28.8 Å². The summed E-state index contributed by atoms with van der Waals surface area (Å²) in [4.78, 5) is 26.2. The Morgan fingerprint density at radius 3 is 2.75 bits per heavy atom. The number of likely N-dealkylation sites (tertiary alicyclic amines) is 1. The summed E-state index contributed by atoms with van der Waals surface area (Å²) < 4.78 is 11.4. The number of benzene rings is 1. The molecule has 1 amide bonds. The Balaban J connectivity index is 1.65. The molecule has 2 aliphatic heterocycles. The first-order chi connectivity index (χ1) is 11.4. The second kappa shape index (κ2) is 6.63. The van der Waals surface area contributed by atoms with Crippen molar-refractivity contribution in [3.8, 4) is 5.75 Å². The smallest absolute Gasteiger partial charge is 0.409 e. The predicted octanol–water partition coefficient (Wildman–Crippen LogP) is 3.93. The number of carbonyl (C=O) groups excluding carboxylic acids is 2. The van der Waals surface area contributed by atoms with E-state index in [1.807, 2.05) is 13.8 Å². The van der Waals surface area contributed by atoms with Gasteiger partial charge in [-0.05, 0) is 24.1 Å². The van der Waals surface area contributed by atoms with Crippen molar-refractivity contribution < 1.29 is 19.1 Å². The van der Waals surface area contributed by atoms with Crippen molar-refractivity contribution in [3.63, 3.8) is 0 Å². The summed E-state index contributed by atoms with van der Waals surface area (Å²) in [5.41, 5.74) is 0.0270.